The molecule has 3 unspecified atom stereocenters. The average molecular weight is 841 g/mol. The Kier molecular flexibility index (Phi) is 40.6. The predicted octanol–water partition coefficient (Wildman–Crippen LogP) is 13.5. The van der Waals surface area contributed by atoms with Gasteiger partial charge in [-0.1, -0.05) is 218 Å². The number of phosphoric acid groups is 1. The van der Waals surface area contributed by atoms with E-state index in [2.05, 4.69) is 31.3 Å². The number of aliphatic hydroxyl groups excluding tert-OH is 1. The lowest BCUT2D eigenvalue weighted by atomic mass is 10.0. The molecule has 0 saturated heterocycles. The van der Waals surface area contributed by atoms with Gasteiger partial charge >= 0.3 is 0 Å². The SMILES string of the molecule is CCCCCCCCCCCCCCCCCCCCCCCCCC/C=C/CC/C=C/C(O)C(COP(=O)([O-])OCC[N+](C)(C)C)NC(=O)CCCCCCCC. The van der Waals surface area contributed by atoms with E-state index in [1.54, 1.807) is 6.08 Å². The normalized spacial score (nSPS) is 14.4. The summed E-state index contributed by atoms with van der Waals surface area (Å²) in [5.74, 6) is -0.216. The van der Waals surface area contributed by atoms with Crippen molar-refractivity contribution in [2.75, 3.05) is 40.9 Å². The molecule has 0 aliphatic rings. The second kappa shape index (κ2) is 41.3. The lowest BCUT2D eigenvalue weighted by Crippen LogP contribution is -2.45. The highest BCUT2D eigenvalue weighted by Crippen LogP contribution is 2.38. The van der Waals surface area contributed by atoms with Crippen LogP contribution in [0, 0.1) is 0 Å². The quantitative estimate of drug-likeness (QED) is 0.0274. The zero-order valence-corrected chi connectivity index (χ0v) is 39.9. The highest BCUT2D eigenvalue weighted by molar-refractivity contribution is 7.45. The summed E-state index contributed by atoms with van der Waals surface area (Å²) in [4.78, 5) is 25.1. The predicted molar refractivity (Wildman–Crippen MR) is 247 cm³/mol. The molecule has 2 N–H and O–H groups in total. The topological polar surface area (TPSA) is 108 Å². The highest BCUT2D eigenvalue weighted by Gasteiger charge is 2.23. The molecular formula is C49H97N2O6P. The maximum atomic E-state index is 12.7. The Balaban J connectivity index is 4.00. The second-order valence-corrected chi connectivity index (χ2v) is 19.6. The smallest absolute Gasteiger partial charge is 0.268 e. The van der Waals surface area contributed by atoms with E-state index in [0.29, 0.717) is 17.4 Å². The number of rotatable bonds is 45. The third-order valence-electron chi connectivity index (χ3n) is 11.2. The molecule has 3 atom stereocenters. The molecular weight excluding hydrogens is 744 g/mol. The van der Waals surface area contributed by atoms with Crippen molar-refractivity contribution in [3.05, 3.63) is 24.3 Å². The van der Waals surface area contributed by atoms with Crippen LogP contribution in [0.4, 0.5) is 0 Å². The third-order valence-corrected chi connectivity index (χ3v) is 12.1. The van der Waals surface area contributed by atoms with Crippen LogP contribution in [-0.4, -0.2) is 68.5 Å². The van der Waals surface area contributed by atoms with Gasteiger partial charge in [0.15, 0.2) is 0 Å². The van der Waals surface area contributed by atoms with Gasteiger partial charge < -0.3 is 28.8 Å². The number of nitrogens with zero attached hydrogens (tertiary/aromatic N) is 1. The van der Waals surface area contributed by atoms with Crippen LogP contribution in [0.2, 0.25) is 0 Å². The van der Waals surface area contributed by atoms with Crippen molar-refractivity contribution in [3.63, 3.8) is 0 Å². The van der Waals surface area contributed by atoms with Crippen molar-refractivity contribution in [2.45, 2.75) is 244 Å². The molecule has 0 heterocycles. The zero-order chi connectivity index (χ0) is 42.8. The molecule has 0 aromatic rings. The molecule has 0 aliphatic heterocycles. The van der Waals surface area contributed by atoms with Crippen molar-refractivity contribution in [1.29, 1.82) is 0 Å². The van der Waals surface area contributed by atoms with Crippen LogP contribution in [0.3, 0.4) is 0 Å². The number of likely N-dealkylation sites (N-methyl/N-ethyl adjacent to an activating group) is 1. The van der Waals surface area contributed by atoms with Gasteiger partial charge in [-0.05, 0) is 32.1 Å². The summed E-state index contributed by atoms with van der Waals surface area (Å²) >= 11 is 0. The van der Waals surface area contributed by atoms with Crippen LogP contribution < -0.4 is 10.2 Å². The van der Waals surface area contributed by atoms with Gasteiger partial charge in [-0.3, -0.25) is 9.36 Å². The first-order valence-electron chi connectivity index (χ1n) is 24.7. The van der Waals surface area contributed by atoms with Gasteiger partial charge in [0.05, 0.1) is 39.9 Å². The van der Waals surface area contributed by atoms with Crippen molar-refractivity contribution in [3.8, 4) is 0 Å². The van der Waals surface area contributed by atoms with Crippen LogP contribution in [0.15, 0.2) is 24.3 Å². The molecule has 0 saturated carbocycles. The Morgan fingerprint density at radius 1 is 0.586 bits per heavy atom. The van der Waals surface area contributed by atoms with Crippen LogP contribution in [0.1, 0.15) is 232 Å². The zero-order valence-electron chi connectivity index (χ0n) is 39.0. The summed E-state index contributed by atoms with van der Waals surface area (Å²) in [5.41, 5.74) is 0. The number of hydrogen-bond acceptors (Lipinski definition) is 6. The standard InChI is InChI=1S/C49H97N2O6P/c1-6-8-10-12-14-15-16-17-18-19-20-21-22-23-24-25-26-27-28-29-30-31-32-33-34-35-36-37-38-40-42-48(52)47(50-49(53)43-41-39-13-11-9-7-2)46-57-58(54,55)56-45-44-51(3,4)5/h35-36,40,42,47-48,52H,6-34,37-39,41,43-46H2,1-5H3,(H-,50,53,54,55)/b36-35+,42-40+. The Morgan fingerprint density at radius 2 is 0.966 bits per heavy atom. The molecule has 0 spiro atoms. The van der Waals surface area contributed by atoms with E-state index in [1.165, 1.54) is 173 Å². The average Bonchev–Trinajstić information content (AvgIpc) is 3.17. The van der Waals surface area contributed by atoms with E-state index >= 15 is 0 Å². The van der Waals surface area contributed by atoms with Crippen LogP contribution in [0.25, 0.3) is 0 Å². The van der Waals surface area contributed by atoms with Crippen molar-refractivity contribution >= 4 is 13.7 Å². The molecule has 1 amide bonds. The second-order valence-electron chi connectivity index (χ2n) is 18.2. The molecule has 0 aromatic heterocycles. The van der Waals surface area contributed by atoms with Crippen molar-refractivity contribution < 1.29 is 32.9 Å². The molecule has 344 valence electrons. The molecule has 0 aromatic carbocycles. The van der Waals surface area contributed by atoms with E-state index in [-0.39, 0.29) is 12.5 Å². The molecule has 58 heavy (non-hydrogen) atoms. The minimum Gasteiger partial charge on any atom is -0.756 e. The van der Waals surface area contributed by atoms with Crippen LogP contribution in [-0.2, 0) is 18.4 Å². The number of aliphatic hydroxyl groups is 1. The van der Waals surface area contributed by atoms with Gasteiger partial charge in [0.1, 0.15) is 13.2 Å². The lowest BCUT2D eigenvalue weighted by Gasteiger charge is -2.29. The Hall–Kier alpha value is -1.02. The Morgan fingerprint density at radius 3 is 1.40 bits per heavy atom. The minimum atomic E-state index is -4.58. The summed E-state index contributed by atoms with van der Waals surface area (Å²) in [6.45, 7) is 4.57. The third kappa shape index (κ3) is 43.1. The van der Waals surface area contributed by atoms with Crippen LogP contribution >= 0.6 is 7.82 Å². The van der Waals surface area contributed by atoms with Gasteiger partial charge in [0, 0.05) is 6.42 Å². The number of unbranched alkanes of at least 4 members (excludes halogenated alkanes) is 30. The first kappa shape index (κ1) is 57.0. The van der Waals surface area contributed by atoms with Gasteiger partial charge in [0.25, 0.3) is 7.82 Å². The monoisotopic (exact) mass is 841 g/mol. The van der Waals surface area contributed by atoms with Crippen molar-refractivity contribution in [2.24, 2.45) is 0 Å². The van der Waals surface area contributed by atoms with Gasteiger partial charge in [-0.25, -0.2) is 0 Å². The summed E-state index contributed by atoms with van der Waals surface area (Å²) in [6, 6.07) is -0.896. The molecule has 0 bridgehead atoms. The fourth-order valence-corrected chi connectivity index (χ4v) is 7.95. The van der Waals surface area contributed by atoms with Gasteiger partial charge in [-0.2, -0.15) is 0 Å². The number of amides is 1. The van der Waals surface area contributed by atoms with E-state index in [1.807, 2.05) is 27.2 Å². The van der Waals surface area contributed by atoms with E-state index in [0.717, 1.165) is 38.5 Å². The molecule has 0 rings (SSSR count). The fourth-order valence-electron chi connectivity index (χ4n) is 7.23. The molecule has 9 heteroatoms. The van der Waals surface area contributed by atoms with Gasteiger partial charge in [0.2, 0.25) is 5.91 Å². The number of quaternary nitrogens is 1. The Labute approximate surface area is 360 Å². The number of phosphoric ester groups is 1. The van der Waals surface area contributed by atoms with E-state index in [4.69, 9.17) is 9.05 Å². The first-order chi connectivity index (χ1) is 28.0. The maximum absolute atomic E-state index is 12.7. The summed E-state index contributed by atoms with van der Waals surface area (Å²) in [7, 11) is 1.25. The number of carbonyl (C=O) groups is 1. The number of nitrogens with one attached hydrogen (secondary N) is 1. The lowest BCUT2D eigenvalue weighted by molar-refractivity contribution is -0.870. The number of allylic oxidation sites excluding steroid dienone is 3. The van der Waals surface area contributed by atoms with Gasteiger partial charge in [-0.15, -0.1) is 0 Å². The van der Waals surface area contributed by atoms with E-state index in [9.17, 15) is 19.4 Å². The molecule has 0 radical (unpaired) electrons. The van der Waals surface area contributed by atoms with Crippen LogP contribution in [0.5, 0.6) is 0 Å². The van der Waals surface area contributed by atoms with Crippen molar-refractivity contribution in [1.82, 2.24) is 5.32 Å². The maximum Gasteiger partial charge on any atom is 0.268 e. The van der Waals surface area contributed by atoms with E-state index < -0.39 is 26.6 Å². The first-order valence-corrected chi connectivity index (χ1v) is 26.2. The minimum absolute atomic E-state index is 0.00498. The number of carbonyl (C=O) groups excluding carboxylic acids is 1. The fraction of sp³-hybridized carbons (Fsp3) is 0.898. The summed E-state index contributed by atoms with van der Waals surface area (Å²) in [5, 5.41) is 13.7. The number of hydrogen-bond donors (Lipinski definition) is 2. The summed E-state index contributed by atoms with van der Waals surface area (Å²) < 4.78 is 23.1. The summed E-state index contributed by atoms with van der Waals surface area (Å²) in [6.07, 6.45) is 50.1. The molecule has 0 fully saturated rings. The Bertz CT molecular complexity index is 1000. The molecule has 0 aliphatic carbocycles. The largest absolute Gasteiger partial charge is 0.756 e. The highest BCUT2D eigenvalue weighted by atomic mass is 31.2. The molecule has 8 nitrogen and oxygen atoms in total.